The van der Waals surface area contributed by atoms with E-state index >= 15 is 0 Å². The molecule has 0 heterocycles. The van der Waals surface area contributed by atoms with Crippen LogP contribution in [0, 0.1) is 0 Å². The van der Waals surface area contributed by atoms with Gasteiger partial charge in [-0.2, -0.15) is 0 Å². The van der Waals surface area contributed by atoms with E-state index < -0.39 is 26.5 Å². The number of allylic oxidation sites excluding steroid dienone is 10. The summed E-state index contributed by atoms with van der Waals surface area (Å²) < 4.78 is 27.0. The maximum absolute atomic E-state index is 11.8. The summed E-state index contributed by atoms with van der Waals surface area (Å²) >= 11 is 0. The van der Waals surface area contributed by atoms with Crippen LogP contribution >= 0.6 is 7.82 Å². The molecular formula is C30H53NO7P+. The molecule has 0 aliphatic carbocycles. The lowest BCUT2D eigenvalue weighted by atomic mass is 10.1. The number of carbonyl (C=O) groups excluding carboxylic acids is 1. The number of likely N-dealkylation sites (N-methyl/N-ethyl adjacent to an activating group) is 1. The minimum absolute atomic E-state index is 0.0451. The van der Waals surface area contributed by atoms with Gasteiger partial charge in [-0.1, -0.05) is 74.1 Å². The normalized spacial score (nSPS) is 15.3. The van der Waals surface area contributed by atoms with Gasteiger partial charge in [-0.15, -0.1) is 0 Å². The molecule has 0 spiro atoms. The fourth-order valence-corrected chi connectivity index (χ4v) is 3.78. The highest BCUT2D eigenvalue weighted by atomic mass is 31.2. The lowest BCUT2D eigenvalue weighted by Crippen LogP contribution is -2.37. The first kappa shape index (κ1) is 37.2. The highest BCUT2D eigenvalue weighted by molar-refractivity contribution is 7.47. The Morgan fingerprint density at radius 2 is 1.33 bits per heavy atom. The molecule has 0 rings (SSSR count). The molecule has 2 N–H and O–H groups in total. The molecule has 0 aromatic rings. The molecule has 0 aliphatic heterocycles. The summed E-state index contributed by atoms with van der Waals surface area (Å²) in [5, 5.41) is 9.84. The van der Waals surface area contributed by atoms with Crippen molar-refractivity contribution in [3.8, 4) is 0 Å². The number of hydrogen-bond acceptors (Lipinski definition) is 6. The number of esters is 1. The molecule has 2 atom stereocenters. The van der Waals surface area contributed by atoms with E-state index in [0.717, 1.165) is 51.4 Å². The van der Waals surface area contributed by atoms with Crippen molar-refractivity contribution >= 4 is 13.8 Å². The van der Waals surface area contributed by atoms with Crippen molar-refractivity contribution in [2.24, 2.45) is 0 Å². The molecule has 0 aromatic heterocycles. The number of rotatable bonds is 24. The molecule has 39 heavy (non-hydrogen) atoms. The standard InChI is InChI=1S/C30H52NO7P/c1-5-6-7-8-9-10-11-12-13-14-15-16-17-18-19-20-21-22-23-24-30(33)36-27-29(32)28-38-39(34,35)37-26-25-31(2,3)4/h6-7,9-10,12-13,15-16,18-19,29,32H,5,8,11,14,17,20-28H2,1-4H3/p+1/b7-6-,10-9-,13-12-,16-15-,19-18-. The van der Waals surface area contributed by atoms with E-state index in [1.54, 1.807) is 0 Å². The van der Waals surface area contributed by atoms with E-state index in [2.05, 4.69) is 67.7 Å². The summed E-state index contributed by atoms with van der Waals surface area (Å²) in [6.45, 7) is 1.96. The van der Waals surface area contributed by atoms with E-state index in [9.17, 15) is 19.4 Å². The van der Waals surface area contributed by atoms with E-state index in [1.807, 2.05) is 21.1 Å². The van der Waals surface area contributed by atoms with Crippen molar-refractivity contribution in [2.45, 2.75) is 77.2 Å². The largest absolute Gasteiger partial charge is 0.472 e. The fraction of sp³-hybridized carbons (Fsp3) is 0.633. The van der Waals surface area contributed by atoms with E-state index in [1.165, 1.54) is 0 Å². The van der Waals surface area contributed by atoms with Crippen LogP contribution < -0.4 is 0 Å². The van der Waals surface area contributed by atoms with Crippen LogP contribution in [-0.2, 0) is 23.1 Å². The van der Waals surface area contributed by atoms with E-state index in [0.29, 0.717) is 17.4 Å². The molecule has 0 radical (unpaired) electrons. The van der Waals surface area contributed by atoms with Gasteiger partial charge in [0.2, 0.25) is 0 Å². The molecule has 0 aromatic carbocycles. The summed E-state index contributed by atoms with van der Waals surface area (Å²) in [7, 11) is 1.53. The van der Waals surface area contributed by atoms with Crippen LogP contribution in [0.4, 0.5) is 0 Å². The molecule has 2 unspecified atom stereocenters. The first-order valence-electron chi connectivity index (χ1n) is 14.1. The topological polar surface area (TPSA) is 102 Å². The number of nitrogens with zero attached hydrogens (tertiary/aromatic N) is 1. The Morgan fingerprint density at radius 3 is 1.87 bits per heavy atom. The quantitative estimate of drug-likeness (QED) is 0.0453. The molecule has 0 saturated carbocycles. The number of unbranched alkanes of at least 4 members (excludes halogenated alkanes) is 3. The second kappa shape index (κ2) is 24.0. The lowest BCUT2D eigenvalue weighted by Gasteiger charge is -2.24. The van der Waals surface area contributed by atoms with E-state index in [4.69, 9.17) is 13.8 Å². The van der Waals surface area contributed by atoms with Crippen molar-refractivity contribution in [3.05, 3.63) is 60.8 Å². The maximum Gasteiger partial charge on any atom is 0.472 e. The zero-order valence-corrected chi connectivity index (χ0v) is 25.5. The first-order chi connectivity index (χ1) is 18.6. The Morgan fingerprint density at radius 1 is 0.795 bits per heavy atom. The molecule has 224 valence electrons. The van der Waals surface area contributed by atoms with Crippen LogP contribution in [0.2, 0.25) is 0 Å². The van der Waals surface area contributed by atoms with Crippen LogP contribution in [-0.4, -0.2) is 74.1 Å². The Kier molecular flexibility index (Phi) is 22.9. The van der Waals surface area contributed by atoms with Crippen molar-refractivity contribution in [1.82, 2.24) is 0 Å². The highest BCUT2D eigenvalue weighted by Crippen LogP contribution is 2.43. The number of phosphoric acid groups is 1. The smallest absolute Gasteiger partial charge is 0.463 e. The summed E-state index contributed by atoms with van der Waals surface area (Å²) in [6.07, 6.45) is 29.4. The summed E-state index contributed by atoms with van der Waals surface area (Å²) in [6, 6.07) is 0. The Bertz CT molecular complexity index is 813. The highest BCUT2D eigenvalue weighted by Gasteiger charge is 2.24. The molecule has 0 amide bonds. The molecule has 8 nitrogen and oxygen atoms in total. The van der Waals surface area contributed by atoms with Crippen molar-refractivity contribution in [1.29, 1.82) is 0 Å². The van der Waals surface area contributed by atoms with Gasteiger partial charge in [0.05, 0.1) is 27.7 Å². The maximum atomic E-state index is 11.8. The molecule has 0 aliphatic rings. The Hall–Kier alpha value is -1.80. The number of aliphatic hydroxyl groups excluding tert-OH is 1. The van der Waals surface area contributed by atoms with Gasteiger partial charge in [0, 0.05) is 6.42 Å². The van der Waals surface area contributed by atoms with Gasteiger partial charge in [0.15, 0.2) is 0 Å². The van der Waals surface area contributed by atoms with Gasteiger partial charge in [0.1, 0.15) is 25.9 Å². The lowest BCUT2D eigenvalue weighted by molar-refractivity contribution is -0.870. The minimum Gasteiger partial charge on any atom is -0.463 e. The van der Waals surface area contributed by atoms with Gasteiger partial charge in [-0.05, 0) is 51.4 Å². The zero-order chi connectivity index (χ0) is 29.2. The number of quaternary nitrogens is 1. The van der Waals surface area contributed by atoms with E-state index in [-0.39, 0.29) is 19.6 Å². The average Bonchev–Trinajstić information content (AvgIpc) is 2.86. The summed E-state index contributed by atoms with van der Waals surface area (Å²) in [4.78, 5) is 21.5. The number of aliphatic hydroxyl groups is 1. The number of carbonyl (C=O) groups is 1. The Labute approximate surface area is 236 Å². The molecule has 0 bridgehead atoms. The van der Waals surface area contributed by atoms with Gasteiger partial charge in [-0.3, -0.25) is 13.8 Å². The Balaban J connectivity index is 3.71. The molecule has 0 saturated heterocycles. The summed E-state index contributed by atoms with van der Waals surface area (Å²) in [5.41, 5.74) is 0. The third-order valence-corrected chi connectivity index (χ3v) is 6.28. The third kappa shape index (κ3) is 29.0. The molecule has 9 heteroatoms. The third-order valence-electron chi connectivity index (χ3n) is 5.29. The second-order valence-corrected chi connectivity index (χ2v) is 11.7. The van der Waals surface area contributed by atoms with Crippen LogP contribution in [0.1, 0.15) is 71.1 Å². The van der Waals surface area contributed by atoms with Gasteiger partial charge in [-0.25, -0.2) is 4.57 Å². The fourth-order valence-electron chi connectivity index (χ4n) is 3.03. The zero-order valence-electron chi connectivity index (χ0n) is 24.6. The van der Waals surface area contributed by atoms with Crippen molar-refractivity contribution in [2.75, 3.05) is 47.5 Å². The molecular weight excluding hydrogens is 517 g/mol. The van der Waals surface area contributed by atoms with Gasteiger partial charge >= 0.3 is 13.8 Å². The number of phosphoric ester groups is 1. The van der Waals surface area contributed by atoms with Crippen molar-refractivity contribution in [3.63, 3.8) is 0 Å². The number of ether oxygens (including phenoxy) is 1. The van der Waals surface area contributed by atoms with Gasteiger partial charge in [0.25, 0.3) is 0 Å². The predicted octanol–water partition coefficient (Wildman–Crippen LogP) is 6.43. The predicted molar refractivity (Wildman–Crippen MR) is 159 cm³/mol. The number of hydrogen-bond donors (Lipinski definition) is 2. The van der Waals surface area contributed by atoms with Crippen molar-refractivity contribution < 1.29 is 37.6 Å². The average molecular weight is 571 g/mol. The second-order valence-electron chi connectivity index (χ2n) is 10.3. The van der Waals surface area contributed by atoms with Crippen LogP contribution in [0.5, 0.6) is 0 Å². The van der Waals surface area contributed by atoms with Crippen LogP contribution in [0.3, 0.4) is 0 Å². The first-order valence-corrected chi connectivity index (χ1v) is 15.6. The monoisotopic (exact) mass is 570 g/mol. The SMILES string of the molecule is CC/C=C\C/C=C\C/C=C\C/C=C\C/C=C\CCCCCC(=O)OCC(O)COP(=O)(O)OCC[N+](C)(C)C. The minimum atomic E-state index is -4.26. The van der Waals surface area contributed by atoms with Gasteiger partial charge < -0.3 is 19.2 Å². The molecule has 0 fully saturated rings. The van der Waals surface area contributed by atoms with Crippen LogP contribution in [0.15, 0.2) is 60.8 Å². The summed E-state index contributed by atoms with van der Waals surface area (Å²) in [5.74, 6) is -0.407. The van der Waals surface area contributed by atoms with Crippen LogP contribution in [0.25, 0.3) is 0 Å².